The van der Waals surface area contributed by atoms with Crippen molar-refractivity contribution in [2.75, 3.05) is 0 Å². The van der Waals surface area contributed by atoms with E-state index in [0.717, 1.165) is 0 Å². The van der Waals surface area contributed by atoms with Crippen LogP contribution in [0.1, 0.15) is 20.3 Å². The Morgan fingerprint density at radius 1 is 1.75 bits per heavy atom. The predicted octanol–water partition coefficient (Wildman–Crippen LogP) is 1.12. The van der Waals surface area contributed by atoms with Crippen LogP contribution in [0, 0.1) is 4.91 Å². The lowest BCUT2D eigenvalue weighted by atomic mass is 10.2. The van der Waals surface area contributed by atoms with Gasteiger partial charge in [0, 0.05) is 6.42 Å². The lowest BCUT2D eigenvalue weighted by Gasteiger charge is -1.93. The van der Waals surface area contributed by atoms with Gasteiger partial charge in [-0.05, 0) is 13.8 Å². The number of carbonyl (C=O) groups excluding carboxylic acids is 1. The predicted molar refractivity (Wildman–Crippen MR) is 30.6 cm³/mol. The third-order valence-electron chi connectivity index (χ3n) is 0.763. The first kappa shape index (κ1) is 7.27. The van der Waals surface area contributed by atoms with Crippen molar-refractivity contribution in [1.29, 1.82) is 0 Å². The number of nitroso groups, excluding NO2 is 1. The van der Waals surface area contributed by atoms with Crippen molar-refractivity contribution in [2.45, 2.75) is 26.3 Å². The molecule has 0 saturated carbocycles. The topological polar surface area (TPSA) is 46.5 Å². The zero-order chi connectivity index (χ0) is 6.57. The number of hydrogen-bond donors (Lipinski definition) is 0. The molecule has 0 N–H and O–H groups in total. The summed E-state index contributed by atoms with van der Waals surface area (Å²) in [7, 11) is 0. The summed E-state index contributed by atoms with van der Waals surface area (Å²) in [5, 5.41) is 2.66. The Labute approximate surface area is 48.1 Å². The molecule has 0 aromatic carbocycles. The maximum Gasteiger partial charge on any atom is 0.132 e. The lowest BCUT2D eigenvalue weighted by Crippen LogP contribution is -2.02. The Morgan fingerprint density at radius 2 is 2.25 bits per heavy atom. The fraction of sp³-hybridized carbons (Fsp3) is 0.800. The molecule has 0 aliphatic rings. The molecule has 3 nitrogen and oxygen atoms in total. The molecule has 0 aromatic rings. The van der Waals surface area contributed by atoms with Gasteiger partial charge in [0.1, 0.15) is 5.78 Å². The van der Waals surface area contributed by atoms with Crippen molar-refractivity contribution in [3.63, 3.8) is 0 Å². The van der Waals surface area contributed by atoms with E-state index in [4.69, 9.17) is 0 Å². The highest BCUT2D eigenvalue weighted by Crippen LogP contribution is 1.94. The average Bonchev–Trinajstić information content (AvgIpc) is 1.65. The summed E-state index contributed by atoms with van der Waals surface area (Å²) in [6.07, 6.45) is 0.267. The standard InChI is InChI=1S/C5H9NO2/c1-4(6-8)3-5(2)7/h4H,3H2,1-2H3. The molecule has 0 aliphatic carbocycles. The van der Waals surface area contributed by atoms with Gasteiger partial charge in [0.05, 0.1) is 6.04 Å². The van der Waals surface area contributed by atoms with Crippen molar-refractivity contribution in [1.82, 2.24) is 0 Å². The molecule has 0 aliphatic heterocycles. The van der Waals surface area contributed by atoms with E-state index in [1.165, 1.54) is 6.92 Å². The summed E-state index contributed by atoms with van der Waals surface area (Å²) in [6, 6.07) is -0.354. The van der Waals surface area contributed by atoms with E-state index in [1.54, 1.807) is 6.92 Å². The second-order valence-electron chi connectivity index (χ2n) is 1.86. The first-order valence-electron chi connectivity index (χ1n) is 2.48. The van der Waals surface area contributed by atoms with Crippen molar-refractivity contribution in [3.8, 4) is 0 Å². The fourth-order valence-electron chi connectivity index (χ4n) is 0.453. The number of hydrogen-bond acceptors (Lipinski definition) is 3. The molecular formula is C5H9NO2. The van der Waals surface area contributed by atoms with Crippen LogP contribution in [0.4, 0.5) is 0 Å². The summed E-state index contributed by atoms with van der Waals surface area (Å²) in [5.41, 5.74) is 0. The monoisotopic (exact) mass is 115 g/mol. The van der Waals surface area contributed by atoms with Gasteiger partial charge < -0.3 is 0 Å². The van der Waals surface area contributed by atoms with Gasteiger partial charge >= 0.3 is 0 Å². The SMILES string of the molecule is CC(=O)CC(C)N=O. The van der Waals surface area contributed by atoms with Gasteiger partial charge in [-0.3, -0.25) is 4.79 Å². The van der Waals surface area contributed by atoms with Crippen LogP contribution in [0.25, 0.3) is 0 Å². The summed E-state index contributed by atoms with van der Waals surface area (Å²) in [5.74, 6) is 0.0112. The van der Waals surface area contributed by atoms with E-state index < -0.39 is 0 Å². The third kappa shape index (κ3) is 3.46. The minimum atomic E-state index is -0.354. The summed E-state index contributed by atoms with van der Waals surface area (Å²) in [6.45, 7) is 3.07. The Morgan fingerprint density at radius 3 is 2.38 bits per heavy atom. The number of ketones is 1. The highest BCUT2D eigenvalue weighted by Gasteiger charge is 2.02. The maximum atomic E-state index is 10.2. The van der Waals surface area contributed by atoms with Crippen LogP contribution in [0.5, 0.6) is 0 Å². The van der Waals surface area contributed by atoms with Crippen LogP contribution in [0.15, 0.2) is 5.18 Å². The summed E-state index contributed by atoms with van der Waals surface area (Å²) < 4.78 is 0. The average molecular weight is 115 g/mol. The second kappa shape index (κ2) is 3.29. The Bertz CT molecular complexity index is 101. The summed E-state index contributed by atoms with van der Waals surface area (Å²) >= 11 is 0. The van der Waals surface area contributed by atoms with Gasteiger partial charge in [0.15, 0.2) is 0 Å². The summed E-state index contributed by atoms with van der Waals surface area (Å²) in [4.78, 5) is 19.9. The molecule has 3 heteroatoms. The molecule has 46 valence electrons. The maximum absolute atomic E-state index is 10.2. The van der Waals surface area contributed by atoms with Crippen LogP contribution in [0.3, 0.4) is 0 Å². The fourth-order valence-corrected chi connectivity index (χ4v) is 0.453. The minimum Gasteiger partial charge on any atom is -0.300 e. The van der Waals surface area contributed by atoms with Crippen molar-refractivity contribution in [3.05, 3.63) is 4.91 Å². The van der Waals surface area contributed by atoms with Crippen LogP contribution in [-0.2, 0) is 4.79 Å². The van der Waals surface area contributed by atoms with Crippen LogP contribution < -0.4 is 0 Å². The van der Waals surface area contributed by atoms with Gasteiger partial charge in [-0.25, -0.2) is 0 Å². The normalized spacial score (nSPS) is 12.8. The molecule has 0 amide bonds. The molecule has 1 unspecified atom stereocenters. The number of Topliss-reactive ketones (excluding diaryl/α,β-unsaturated/α-hetero) is 1. The molecule has 0 bridgehead atoms. The molecule has 0 saturated heterocycles. The molecular weight excluding hydrogens is 106 g/mol. The van der Waals surface area contributed by atoms with E-state index in [1.807, 2.05) is 0 Å². The van der Waals surface area contributed by atoms with Gasteiger partial charge in [-0.1, -0.05) is 5.18 Å². The van der Waals surface area contributed by atoms with E-state index in [0.29, 0.717) is 0 Å². The van der Waals surface area contributed by atoms with Crippen LogP contribution >= 0.6 is 0 Å². The van der Waals surface area contributed by atoms with E-state index in [2.05, 4.69) is 5.18 Å². The quantitative estimate of drug-likeness (QED) is 0.517. The Balaban J connectivity index is 3.38. The highest BCUT2D eigenvalue weighted by molar-refractivity contribution is 5.76. The smallest absolute Gasteiger partial charge is 0.132 e. The van der Waals surface area contributed by atoms with Gasteiger partial charge in [-0.15, -0.1) is 0 Å². The van der Waals surface area contributed by atoms with Crippen molar-refractivity contribution >= 4 is 5.78 Å². The molecule has 0 aromatic heterocycles. The number of rotatable bonds is 3. The Hall–Kier alpha value is -0.730. The minimum absolute atomic E-state index is 0.0112. The van der Waals surface area contributed by atoms with Gasteiger partial charge in [0.25, 0.3) is 0 Å². The molecule has 0 heterocycles. The van der Waals surface area contributed by atoms with Crippen LogP contribution in [0.2, 0.25) is 0 Å². The number of carbonyl (C=O) groups is 1. The molecule has 0 spiro atoms. The largest absolute Gasteiger partial charge is 0.300 e. The molecule has 0 rings (SSSR count). The van der Waals surface area contributed by atoms with E-state index in [-0.39, 0.29) is 18.2 Å². The first-order chi connectivity index (χ1) is 3.66. The van der Waals surface area contributed by atoms with Crippen molar-refractivity contribution in [2.24, 2.45) is 5.18 Å². The molecule has 1 atom stereocenters. The zero-order valence-corrected chi connectivity index (χ0v) is 5.05. The first-order valence-corrected chi connectivity index (χ1v) is 2.48. The van der Waals surface area contributed by atoms with Gasteiger partial charge in [0.2, 0.25) is 0 Å². The highest BCUT2D eigenvalue weighted by atomic mass is 16.3. The van der Waals surface area contributed by atoms with Crippen LogP contribution in [-0.4, -0.2) is 11.8 Å². The van der Waals surface area contributed by atoms with Crippen molar-refractivity contribution < 1.29 is 4.79 Å². The third-order valence-corrected chi connectivity index (χ3v) is 0.763. The molecule has 8 heavy (non-hydrogen) atoms. The Kier molecular flexibility index (Phi) is 2.99. The second-order valence-corrected chi connectivity index (χ2v) is 1.86. The van der Waals surface area contributed by atoms with E-state index in [9.17, 15) is 9.70 Å². The van der Waals surface area contributed by atoms with Gasteiger partial charge in [-0.2, -0.15) is 4.91 Å². The molecule has 0 fully saturated rings. The zero-order valence-electron chi connectivity index (χ0n) is 5.05. The molecule has 0 radical (unpaired) electrons. The number of nitrogens with zero attached hydrogens (tertiary/aromatic N) is 1. The van der Waals surface area contributed by atoms with E-state index >= 15 is 0 Å². The lowest BCUT2D eigenvalue weighted by molar-refractivity contribution is -0.117.